The summed E-state index contributed by atoms with van der Waals surface area (Å²) in [5.41, 5.74) is 1.47. The Bertz CT molecular complexity index is 599. The lowest BCUT2D eigenvalue weighted by Crippen LogP contribution is -2.30. The minimum absolute atomic E-state index is 0.0291. The van der Waals surface area contributed by atoms with Crippen molar-refractivity contribution in [3.05, 3.63) is 41.4 Å². The zero-order valence-corrected chi connectivity index (χ0v) is 12.8. The van der Waals surface area contributed by atoms with Gasteiger partial charge in [-0.3, -0.25) is 14.6 Å². The summed E-state index contributed by atoms with van der Waals surface area (Å²) in [6.07, 6.45) is 11.9. The summed E-state index contributed by atoms with van der Waals surface area (Å²) in [5.74, 6) is -0.201. The molecule has 22 heavy (non-hydrogen) atoms. The molecular weight excluding hydrogens is 276 g/mol. The molecule has 1 aromatic heterocycles. The van der Waals surface area contributed by atoms with E-state index in [2.05, 4.69) is 10.3 Å². The predicted molar refractivity (Wildman–Crippen MR) is 84.8 cm³/mol. The molecule has 4 nitrogen and oxygen atoms in total. The molecule has 0 atom stereocenters. The Balaban J connectivity index is 1.75. The van der Waals surface area contributed by atoms with E-state index in [0.717, 1.165) is 18.5 Å². The van der Waals surface area contributed by atoms with Gasteiger partial charge in [-0.1, -0.05) is 32.1 Å². The molecule has 2 aliphatic carbocycles. The van der Waals surface area contributed by atoms with Crippen LogP contribution >= 0.6 is 0 Å². The number of nitrogens with one attached hydrogen (secondary N) is 1. The second kappa shape index (κ2) is 6.86. The first kappa shape index (κ1) is 14.9. The van der Waals surface area contributed by atoms with Gasteiger partial charge in [0, 0.05) is 29.6 Å². The van der Waals surface area contributed by atoms with Crippen molar-refractivity contribution in [2.24, 2.45) is 0 Å². The number of pyridine rings is 1. The number of carbonyl (C=O) groups excluding carboxylic acids is 2. The monoisotopic (exact) mass is 298 g/mol. The molecule has 0 spiro atoms. The van der Waals surface area contributed by atoms with Crippen molar-refractivity contribution >= 4 is 11.6 Å². The lowest BCUT2D eigenvalue weighted by molar-refractivity contribution is 0.0981. The average Bonchev–Trinajstić information content (AvgIpc) is 2.60. The Morgan fingerprint density at radius 2 is 1.77 bits per heavy atom. The largest absolute Gasteiger partial charge is 0.385 e. The molecule has 1 N–H and O–H groups in total. The van der Waals surface area contributed by atoms with Gasteiger partial charge in [0.05, 0.1) is 6.42 Å². The maximum atomic E-state index is 12.4. The van der Waals surface area contributed by atoms with Gasteiger partial charge in [0.1, 0.15) is 5.69 Å². The van der Waals surface area contributed by atoms with Crippen molar-refractivity contribution in [3.63, 3.8) is 0 Å². The molecule has 1 fully saturated rings. The molecule has 0 amide bonds. The standard InChI is InChI=1S/C18H22N2O2/c21-16-11-14(20-13-7-4-2-1-3-5-8-13)12-17(22)18-15(16)9-6-10-19-18/h6,9-10,12-13,20H,1-5,7-8,11H2. The zero-order valence-electron chi connectivity index (χ0n) is 12.8. The van der Waals surface area contributed by atoms with Gasteiger partial charge in [-0.15, -0.1) is 0 Å². The molecule has 0 saturated heterocycles. The molecule has 1 aromatic rings. The van der Waals surface area contributed by atoms with Gasteiger partial charge in [-0.25, -0.2) is 0 Å². The predicted octanol–water partition coefficient (Wildman–Crippen LogP) is 3.44. The third-order valence-electron chi connectivity index (χ3n) is 4.49. The second-order valence-corrected chi connectivity index (χ2v) is 6.22. The molecule has 1 heterocycles. The Morgan fingerprint density at radius 1 is 1.05 bits per heavy atom. The molecule has 0 aromatic carbocycles. The molecule has 0 aliphatic heterocycles. The number of nitrogens with zero attached hydrogens (tertiary/aromatic N) is 1. The fourth-order valence-electron chi connectivity index (χ4n) is 3.33. The Labute approximate surface area is 131 Å². The Hall–Kier alpha value is -1.97. The highest BCUT2D eigenvalue weighted by Gasteiger charge is 2.24. The fraction of sp³-hybridized carbons (Fsp3) is 0.500. The van der Waals surface area contributed by atoms with Crippen LogP contribution in [0.4, 0.5) is 0 Å². The van der Waals surface area contributed by atoms with Crippen LogP contribution in [0, 0.1) is 0 Å². The van der Waals surface area contributed by atoms with E-state index in [9.17, 15) is 9.59 Å². The minimum atomic E-state index is -0.171. The molecule has 116 valence electrons. The Morgan fingerprint density at radius 3 is 2.55 bits per heavy atom. The van der Waals surface area contributed by atoms with E-state index in [4.69, 9.17) is 0 Å². The van der Waals surface area contributed by atoms with Crippen LogP contribution < -0.4 is 5.32 Å². The summed E-state index contributed by atoms with van der Waals surface area (Å²) >= 11 is 0. The summed E-state index contributed by atoms with van der Waals surface area (Å²) in [7, 11) is 0. The van der Waals surface area contributed by atoms with E-state index >= 15 is 0 Å². The van der Waals surface area contributed by atoms with Crippen molar-refractivity contribution in [1.82, 2.24) is 10.3 Å². The normalized spacial score (nSPS) is 20.5. The lowest BCUT2D eigenvalue weighted by Gasteiger charge is -2.23. The van der Waals surface area contributed by atoms with Crippen LogP contribution in [-0.4, -0.2) is 22.6 Å². The first-order chi connectivity index (χ1) is 10.7. The maximum absolute atomic E-state index is 12.4. The molecule has 1 saturated carbocycles. The van der Waals surface area contributed by atoms with Gasteiger partial charge < -0.3 is 5.32 Å². The van der Waals surface area contributed by atoms with Crippen molar-refractivity contribution in [2.75, 3.05) is 0 Å². The summed E-state index contributed by atoms with van der Waals surface area (Å²) in [6.45, 7) is 0. The quantitative estimate of drug-likeness (QED) is 0.908. The summed E-state index contributed by atoms with van der Waals surface area (Å²) in [4.78, 5) is 28.7. The SMILES string of the molecule is O=C1CC(NC2CCCCCCC2)=CC(=O)c2ncccc21. The number of hydrogen-bond donors (Lipinski definition) is 1. The molecule has 3 rings (SSSR count). The van der Waals surface area contributed by atoms with Crippen molar-refractivity contribution in [1.29, 1.82) is 0 Å². The summed E-state index contributed by atoms with van der Waals surface area (Å²) in [5, 5.41) is 3.45. The Kier molecular flexibility index (Phi) is 4.66. The molecule has 4 heteroatoms. The van der Waals surface area contributed by atoms with Crippen LogP contribution in [0.15, 0.2) is 30.1 Å². The highest BCUT2D eigenvalue weighted by Crippen LogP contribution is 2.21. The van der Waals surface area contributed by atoms with Gasteiger partial charge >= 0.3 is 0 Å². The van der Waals surface area contributed by atoms with Crippen LogP contribution in [0.1, 0.15) is 72.2 Å². The first-order valence-electron chi connectivity index (χ1n) is 8.24. The van der Waals surface area contributed by atoms with E-state index < -0.39 is 0 Å². The smallest absolute Gasteiger partial charge is 0.206 e. The number of hydrogen-bond acceptors (Lipinski definition) is 4. The lowest BCUT2D eigenvalue weighted by atomic mass is 9.96. The number of Topliss-reactive ketones (excluding diaryl/α,β-unsaturated/α-hetero) is 1. The summed E-state index contributed by atoms with van der Waals surface area (Å²) in [6, 6.07) is 3.77. The van der Waals surface area contributed by atoms with Gasteiger partial charge in [0.15, 0.2) is 5.78 Å². The number of allylic oxidation sites excluding steroid dienone is 2. The molecule has 0 unspecified atom stereocenters. The zero-order chi connectivity index (χ0) is 15.4. The number of aromatic nitrogens is 1. The van der Waals surface area contributed by atoms with Crippen molar-refractivity contribution in [2.45, 2.75) is 57.4 Å². The van der Waals surface area contributed by atoms with E-state index in [-0.39, 0.29) is 23.7 Å². The van der Waals surface area contributed by atoms with E-state index in [1.165, 1.54) is 32.1 Å². The number of ketones is 2. The van der Waals surface area contributed by atoms with E-state index in [1.807, 2.05) is 0 Å². The number of carbonyl (C=O) groups is 2. The topological polar surface area (TPSA) is 59.1 Å². The van der Waals surface area contributed by atoms with Crippen LogP contribution in [0.25, 0.3) is 0 Å². The minimum Gasteiger partial charge on any atom is -0.385 e. The van der Waals surface area contributed by atoms with Gasteiger partial charge in [-0.05, 0) is 25.0 Å². The molecular formula is C18H22N2O2. The summed E-state index contributed by atoms with van der Waals surface area (Å²) < 4.78 is 0. The van der Waals surface area contributed by atoms with Crippen LogP contribution in [0.2, 0.25) is 0 Å². The highest BCUT2D eigenvalue weighted by molar-refractivity contribution is 6.14. The number of rotatable bonds is 2. The number of fused-ring (bicyclic) bond motifs is 1. The van der Waals surface area contributed by atoms with Crippen molar-refractivity contribution in [3.8, 4) is 0 Å². The van der Waals surface area contributed by atoms with E-state index in [0.29, 0.717) is 11.6 Å². The van der Waals surface area contributed by atoms with E-state index in [1.54, 1.807) is 24.4 Å². The third-order valence-corrected chi connectivity index (χ3v) is 4.49. The van der Waals surface area contributed by atoms with Gasteiger partial charge in [-0.2, -0.15) is 0 Å². The van der Waals surface area contributed by atoms with Gasteiger partial charge in [0.25, 0.3) is 0 Å². The maximum Gasteiger partial charge on any atom is 0.206 e. The third kappa shape index (κ3) is 3.43. The van der Waals surface area contributed by atoms with Crippen LogP contribution in [0.3, 0.4) is 0 Å². The second-order valence-electron chi connectivity index (χ2n) is 6.22. The van der Waals surface area contributed by atoms with Crippen LogP contribution in [-0.2, 0) is 0 Å². The molecule has 2 aliphatic rings. The average molecular weight is 298 g/mol. The van der Waals surface area contributed by atoms with Crippen LogP contribution in [0.5, 0.6) is 0 Å². The van der Waals surface area contributed by atoms with Gasteiger partial charge in [0.2, 0.25) is 5.78 Å². The molecule has 0 bridgehead atoms. The van der Waals surface area contributed by atoms with Crippen molar-refractivity contribution < 1.29 is 9.59 Å². The highest BCUT2D eigenvalue weighted by atomic mass is 16.1. The molecule has 0 radical (unpaired) electrons. The fourth-order valence-corrected chi connectivity index (χ4v) is 3.33. The first-order valence-corrected chi connectivity index (χ1v) is 8.24.